The Morgan fingerprint density at radius 1 is 0.880 bits per heavy atom. The molecule has 0 bridgehead atoms. The van der Waals surface area contributed by atoms with Gasteiger partial charge in [-0.25, -0.2) is 0 Å². The van der Waals surface area contributed by atoms with Crippen LogP contribution >= 0.6 is 0 Å². The van der Waals surface area contributed by atoms with Gasteiger partial charge in [0.2, 0.25) is 0 Å². The number of para-hydroxylation sites is 2. The molecule has 25 heavy (non-hydrogen) atoms. The molecule has 6 heteroatoms. The van der Waals surface area contributed by atoms with Gasteiger partial charge in [-0.15, -0.1) is 0 Å². The van der Waals surface area contributed by atoms with Crippen molar-refractivity contribution in [3.05, 3.63) is 65.4 Å². The van der Waals surface area contributed by atoms with Crippen molar-refractivity contribution in [2.45, 2.75) is 6.54 Å². The van der Waals surface area contributed by atoms with Crippen molar-refractivity contribution >= 4 is 17.4 Å². The van der Waals surface area contributed by atoms with E-state index in [0.29, 0.717) is 22.6 Å². The molecule has 2 aromatic rings. The molecular formula is C19H17NO5. The molecule has 128 valence electrons. The molecule has 0 radical (unpaired) electrons. The van der Waals surface area contributed by atoms with Crippen molar-refractivity contribution < 1.29 is 24.2 Å². The summed E-state index contributed by atoms with van der Waals surface area (Å²) in [6.07, 6.45) is 0. The van der Waals surface area contributed by atoms with E-state index in [0.717, 1.165) is 4.90 Å². The lowest BCUT2D eigenvalue weighted by Gasteiger charge is -2.17. The second-order valence-electron chi connectivity index (χ2n) is 5.43. The largest absolute Gasteiger partial charge is 0.502 e. The van der Waals surface area contributed by atoms with E-state index in [1.54, 1.807) is 48.5 Å². The number of ether oxygens (including phenoxy) is 2. The highest BCUT2D eigenvalue weighted by molar-refractivity contribution is 6.35. The minimum Gasteiger partial charge on any atom is -0.502 e. The van der Waals surface area contributed by atoms with Crippen molar-refractivity contribution in [1.29, 1.82) is 0 Å². The molecule has 0 fully saturated rings. The molecule has 0 aliphatic carbocycles. The monoisotopic (exact) mass is 339 g/mol. The molecule has 0 unspecified atom stereocenters. The van der Waals surface area contributed by atoms with E-state index in [4.69, 9.17) is 9.47 Å². The number of hydrogen-bond donors (Lipinski definition) is 1. The first-order valence-electron chi connectivity index (χ1n) is 7.63. The highest BCUT2D eigenvalue weighted by Crippen LogP contribution is 2.34. The number of aliphatic hydroxyl groups is 1. The number of carbonyl (C=O) groups is 2. The number of aliphatic hydroxyl groups excluding tert-OH is 1. The van der Waals surface area contributed by atoms with Crippen LogP contribution in [0.4, 0.5) is 0 Å². The quantitative estimate of drug-likeness (QED) is 0.847. The normalized spacial score (nSPS) is 14.2. The van der Waals surface area contributed by atoms with Gasteiger partial charge in [-0.3, -0.25) is 14.5 Å². The number of amides is 2. The maximum absolute atomic E-state index is 12.8. The smallest absolute Gasteiger partial charge is 0.296 e. The van der Waals surface area contributed by atoms with Crippen LogP contribution in [-0.2, 0) is 16.1 Å². The summed E-state index contributed by atoms with van der Waals surface area (Å²) < 4.78 is 10.5. The van der Waals surface area contributed by atoms with E-state index in [9.17, 15) is 14.7 Å². The van der Waals surface area contributed by atoms with Gasteiger partial charge < -0.3 is 14.6 Å². The predicted molar refractivity (Wildman–Crippen MR) is 91.1 cm³/mol. The van der Waals surface area contributed by atoms with Gasteiger partial charge >= 0.3 is 0 Å². The molecule has 0 spiro atoms. The zero-order valence-electron chi connectivity index (χ0n) is 13.9. The van der Waals surface area contributed by atoms with Gasteiger partial charge in [0.25, 0.3) is 11.8 Å². The lowest BCUT2D eigenvalue weighted by atomic mass is 10.0. The Kier molecular flexibility index (Phi) is 4.43. The van der Waals surface area contributed by atoms with Crippen LogP contribution in [0.5, 0.6) is 11.5 Å². The fourth-order valence-electron chi connectivity index (χ4n) is 2.80. The van der Waals surface area contributed by atoms with Gasteiger partial charge in [-0.2, -0.15) is 0 Å². The van der Waals surface area contributed by atoms with Gasteiger partial charge in [-0.05, 0) is 12.1 Å². The van der Waals surface area contributed by atoms with E-state index in [2.05, 4.69) is 0 Å². The first-order valence-corrected chi connectivity index (χ1v) is 7.63. The Hall–Kier alpha value is -3.28. The first-order chi connectivity index (χ1) is 12.1. The summed E-state index contributed by atoms with van der Waals surface area (Å²) in [7, 11) is 2.98. The number of methoxy groups -OCH3 is 2. The van der Waals surface area contributed by atoms with E-state index in [-0.39, 0.29) is 12.1 Å². The van der Waals surface area contributed by atoms with E-state index < -0.39 is 17.6 Å². The average Bonchev–Trinajstić information content (AvgIpc) is 2.85. The topological polar surface area (TPSA) is 76.1 Å². The number of hydrogen-bond acceptors (Lipinski definition) is 5. The standard InChI is InChI=1S/C19H17NO5/c1-24-14-9-5-3-7-12(14)11-20-18(22)16(17(21)19(20)23)13-8-4-6-10-15(13)25-2/h3-10,21H,11H2,1-2H3. The van der Waals surface area contributed by atoms with E-state index in [1.807, 2.05) is 0 Å². The number of imide groups is 1. The molecule has 0 saturated heterocycles. The lowest BCUT2D eigenvalue weighted by molar-refractivity contribution is -0.138. The highest BCUT2D eigenvalue weighted by atomic mass is 16.5. The fraction of sp³-hybridized carbons (Fsp3) is 0.158. The Morgan fingerprint density at radius 2 is 1.48 bits per heavy atom. The van der Waals surface area contributed by atoms with Gasteiger partial charge in [0.15, 0.2) is 5.76 Å². The zero-order valence-corrected chi connectivity index (χ0v) is 13.9. The van der Waals surface area contributed by atoms with Crippen LogP contribution in [0.15, 0.2) is 54.3 Å². The minimum atomic E-state index is -0.739. The SMILES string of the molecule is COc1ccccc1CN1C(=O)C(O)=C(c2ccccc2OC)C1=O. The summed E-state index contributed by atoms with van der Waals surface area (Å²) in [5.41, 5.74) is 0.988. The molecule has 0 saturated carbocycles. The van der Waals surface area contributed by atoms with Gasteiger partial charge in [0, 0.05) is 11.1 Å². The third-order valence-corrected chi connectivity index (χ3v) is 4.04. The van der Waals surface area contributed by atoms with E-state index in [1.165, 1.54) is 14.2 Å². The summed E-state index contributed by atoms with van der Waals surface area (Å²) in [4.78, 5) is 26.2. The number of carbonyl (C=O) groups excluding carboxylic acids is 2. The van der Waals surface area contributed by atoms with Gasteiger partial charge in [0.05, 0.1) is 26.3 Å². The van der Waals surface area contributed by atoms with Crippen molar-refractivity contribution in [2.75, 3.05) is 14.2 Å². The molecular weight excluding hydrogens is 322 g/mol. The van der Waals surface area contributed by atoms with Gasteiger partial charge in [0.1, 0.15) is 11.5 Å². The van der Waals surface area contributed by atoms with Crippen LogP contribution in [0.25, 0.3) is 5.57 Å². The highest BCUT2D eigenvalue weighted by Gasteiger charge is 2.40. The van der Waals surface area contributed by atoms with Crippen molar-refractivity contribution in [3.8, 4) is 11.5 Å². The molecule has 3 rings (SSSR count). The predicted octanol–water partition coefficient (Wildman–Crippen LogP) is 2.54. The molecule has 1 heterocycles. The number of nitrogens with zero attached hydrogens (tertiary/aromatic N) is 1. The molecule has 1 N–H and O–H groups in total. The Balaban J connectivity index is 1.97. The average molecular weight is 339 g/mol. The van der Waals surface area contributed by atoms with Crippen LogP contribution < -0.4 is 9.47 Å². The van der Waals surface area contributed by atoms with Crippen LogP contribution in [0.1, 0.15) is 11.1 Å². The number of rotatable bonds is 5. The van der Waals surface area contributed by atoms with Gasteiger partial charge in [-0.1, -0.05) is 36.4 Å². The van der Waals surface area contributed by atoms with Crippen molar-refractivity contribution in [1.82, 2.24) is 4.90 Å². The third-order valence-electron chi connectivity index (χ3n) is 4.04. The third kappa shape index (κ3) is 2.82. The van der Waals surface area contributed by atoms with E-state index >= 15 is 0 Å². The molecule has 1 aliphatic rings. The van der Waals surface area contributed by atoms with Crippen LogP contribution in [0.3, 0.4) is 0 Å². The number of benzene rings is 2. The molecule has 0 atom stereocenters. The van der Waals surface area contributed by atoms with Crippen LogP contribution in [0.2, 0.25) is 0 Å². The summed E-state index contributed by atoms with van der Waals surface area (Å²) in [5, 5.41) is 10.3. The summed E-state index contributed by atoms with van der Waals surface area (Å²) >= 11 is 0. The lowest BCUT2D eigenvalue weighted by Crippen LogP contribution is -2.31. The maximum Gasteiger partial charge on any atom is 0.296 e. The second kappa shape index (κ2) is 6.68. The molecule has 2 amide bonds. The Labute approximate surface area is 144 Å². The summed E-state index contributed by atoms with van der Waals surface area (Å²) in [6, 6.07) is 13.8. The minimum absolute atomic E-state index is 0.00435. The Bertz CT molecular complexity index is 872. The second-order valence-corrected chi connectivity index (χ2v) is 5.43. The Morgan fingerprint density at radius 3 is 2.16 bits per heavy atom. The molecule has 2 aromatic carbocycles. The first kappa shape index (κ1) is 16.6. The van der Waals surface area contributed by atoms with Crippen molar-refractivity contribution in [2.24, 2.45) is 0 Å². The fourth-order valence-corrected chi connectivity index (χ4v) is 2.80. The molecule has 6 nitrogen and oxygen atoms in total. The van der Waals surface area contributed by atoms with Crippen LogP contribution in [0, 0.1) is 0 Å². The summed E-state index contributed by atoms with van der Waals surface area (Å²) in [5.74, 6) is -0.920. The maximum atomic E-state index is 12.8. The van der Waals surface area contributed by atoms with Crippen LogP contribution in [-0.4, -0.2) is 36.0 Å². The molecule has 0 aromatic heterocycles. The zero-order chi connectivity index (χ0) is 18.0. The molecule has 1 aliphatic heterocycles. The van der Waals surface area contributed by atoms with Crippen molar-refractivity contribution in [3.63, 3.8) is 0 Å². The summed E-state index contributed by atoms with van der Waals surface area (Å²) in [6.45, 7) is 0.00435.